The lowest BCUT2D eigenvalue weighted by Gasteiger charge is -2.25. The average Bonchev–Trinajstić information content (AvgIpc) is 3.10. The van der Waals surface area contributed by atoms with Crippen molar-refractivity contribution in [1.29, 1.82) is 0 Å². The van der Waals surface area contributed by atoms with Gasteiger partial charge in [-0.15, -0.1) is 12.4 Å². The Morgan fingerprint density at radius 2 is 2.08 bits per heavy atom. The third kappa shape index (κ3) is 5.76. The summed E-state index contributed by atoms with van der Waals surface area (Å²) in [5, 5.41) is 6.61. The molecular formula is C18H27Cl2N3O3. The molecule has 8 heteroatoms. The zero-order valence-electron chi connectivity index (χ0n) is 15.2. The monoisotopic (exact) mass is 403 g/mol. The fraction of sp³-hybridized carbons (Fsp3) is 0.556. The van der Waals surface area contributed by atoms with Crippen LogP contribution in [0.5, 0.6) is 5.75 Å². The highest BCUT2D eigenvalue weighted by atomic mass is 35.5. The van der Waals surface area contributed by atoms with E-state index in [0.717, 1.165) is 25.9 Å². The van der Waals surface area contributed by atoms with Gasteiger partial charge in [-0.05, 0) is 44.0 Å². The number of amides is 2. The summed E-state index contributed by atoms with van der Waals surface area (Å²) in [5.74, 6) is 0.135. The zero-order valence-corrected chi connectivity index (χ0v) is 16.8. The second-order valence-electron chi connectivity index (χ2n) is 6.04. The van der Waals surface area contributed by atoms with Crippen LogP contribution >= 0.6 is 24.0 Å². The lowest BCUT2D eigenvalue weighted by molar-refractivity contribution is -0.124. The number of hydrogen-bond acceptors (Lipinski definition) is 4. The molecule has 2 amide bonds. The summed E-state index contributed by atoms with van der Waals surface area (Å²) in [7, 11) is 1.51. The molecule has 0 spiro atoms. The molecule has 1 aliphatic heterocycles. The van der Waals surface area contributed by atoms with Gasteiger partial charge in [0.2, 0.25) is 5.91 Å². The number of nitrogens with zero attached hydrogens (tertiary/aromatic N) is 1. The molecule has 1 aromatic carbocycles. The van der Waals surface area contributed by atoms with Crippen molar-refractivity contribution in [2.75, 3.05) is 33.3 Å². The Bertz CT molecular complexity index is 613. The maximum atomic E-state index is 12.9. The Morgan fingerprint density at radius 3 is 2.77 bits per heavy atom. The van der Waals surface area contributed by atoms with E-state index in [1.54, 1.807) is 23.1 Å². The van der Waals surface area contributed by atoms with Gasteiger partial charge in [0, 0.05) is 24.7 Å². The second-order valence-corrected chi connectivity index (χ2v) is 6.48. The molecule has 1 atom stereocenters. The van der Waals surface area contributed by atoms with E-state index in [0.29, 0.717) is 35.8 Å². The van der Waals surface area contributed by atoms with Crippen molar-refractivity contribution in [3.63, 3.8) is 0 Å². The summed E-state index contributed by atoms with van der Waals surface area (Å²) in [6.45, 7) is 4.86. The molecule has 2 N–H and O–H groups in total. The van der Waals surface area contributed by atoms with Crippen LogP contribution in [0, 0.1) is 0 Å². The number of rotatable bonds is 8. The number of hydrogen-bond donors (Lipinski definition) is 2. The number of likely N-dealkylation sites (tertiary alicyclic amines) is 1. The van der Waals surface area contributed by atoms with Crippen molar-refractivity contribution in [3.05, 3.63) is 28.8 Å². The van der Waals surface area contributed by atoms with Crippen molar-refractivity contribution in [2.45, 2.75) is 32.2 Å². The van der Waals surface area contributed by atoms with Crippen LogP contribution in [0.1, 0.15) is 36.5 Å². The Hall–Kier alpha value is -1.50. The molecule has 1 aromatic rings. The van der Waals surface area contributed by atoms with Gasteiger partial charge in [0.25, 0.3) is 5.91 Å². The van der Waals surface area contributed by atoms with E-state index < -0.39 is 6.04 Å². The lowest BCUT2D eigenvalue weighted by atomic mass is 10.1. The van der Waals surface area contributed by atoms with Gasteiger partial charge in [-0.3, -0.25) is 9.59 Å². The highest BCUT2D eigenvalue weighted by Gasteiger charge is 2.35. The summed E-state index contributed by atoms with van der Waals surface area (Å²) < 4.78 is 5.26. The quantitative estimate of drug-likeness (QED) is 0.654. The molecule has 6 nitrogen and oxygen atoms in total. The van der Waals surface area contributed by atoms with Gasteiger partial charge in [0.15, 0.2) is 0 Å². The van der Waals surface area contributed by atoms with Gasteiger partial charge in [-0.25, -0.2) is 0 Å². The Kier molecular flexibility index (Phi) is 9.76. The van der Waals surface area contributed by atoms with Crippen LogP contribution < -0.4 is 15.4 Å². The Morgan fingerprint density at radius 1 is 1.31 bits per heavy atom. The molecule has 1 aliphatic rings. The minimum absolute atomic E-state index is 0. The third-order valence-electron chi connectivity index (χ3n) is 4.24. The second kappa shape index (κ2) is 11.3. The predicted octanol–water partition coefficient (Wildman–Crippen LogP) is 2.49. The van der Waals surface area contributed by atoms with Crippen molar-refractivity contribution in [3.8, 4) is 5.75 Å². The first-order chi connectivity index (χ1) is 12.1. The van der Waals surface area contributed by atoms with Gasteiger partial charge in [-0.1, -0.05) is 18.5 Å². The van der Waals surface area contributed by atoms with Gasteiger partial charge < -0.3 is 20.3 Å². The van der Waals surface area contributed by atoms with E-state index in [1.165, 1.54) is 7.11 Å². The molecule has 1 fully saturated rings. The number of ether oxygens (including phenoxy) is 1. The van der Waals surface area contributed by atoms with E-state index in [9.17, 15) is 9.59 Å². The van der Waals surface area contributed by atoms with Gasteiger partial charge in [0.05, 0.1) is 12.7 Å². The number of carbonyl (C=O) groups is 2. The molecule has 0 bridgehead atoms. The summed E-state index contributed by atoms with van der Waals surface area (Å²) in [5.41, 5.74) is 0.388. The van der Waals surface area contributed by atoms with Crippen LogP contribution in [0.25, 0.3) is 0 Å². The Labute approximate surface area is 166 Å². The maximum absolute atomic E-state index is 12.9. The van der Waals surface area contributed by atoms with Gasteiger partial charge in [-0.2, -0.15) is 0 Å². The molecule has 146 valence electrons. The number of carbonyl (C=O) groups excluding carboxylic acids is 2. The SMILES string of the molecule is CCCNCCNC(=O)C1CCCN1C(=O)c1cc(Cl)ccc1OC.Cl. The molecule has 1 unspecified atom stereocenters. The molecule has 2 rings (SSSR count). The molecular weight excluding hydrogens is 377 g/mol. The van der Waals surface area contributed by atoms with Crippen LogP contribution in [-0.2, 0) is 4.79 Å². The highest BCUT2D eigenvalue weighted by Crippen LogP contribution is 2.27. The van der Waals surface area contributed by atoms with Crippen LogP contribution in [0.4, 0.5) is 0 Å². The van der Waals surface area contributed by atoms with Crippen molar-refractivity contribution < 1.29 is 14.3 Å². The summed E-state index contributed by atoms with van der Waals surface area (Å²) in [6, 6.07) is 4.49. The van der Waals surface area contributed by atoms with Crippen LogP contribution in [0.2, 0.25) is 5.02 Å². The lowest BCUT2D eigenvalue weighted by Crippen LogP contribution is -2.47. The fourth-order valence-corrected chi connectivity index (χ4v) is 3.15. The van der Waals surface area contributed by atoms with Crippen LogP contribution in [0.3, 0.4) is 0 Å². The normalized spacial score (nSPS) is 16.1. The minimum atomic E-state index is -0.442. The first kappa shape index (κ1) is 22.5. The largest absolute Gasteiger partial charge is 0.496 e. The summed E-state index contributed by atoms with van der Waals surface area (Å²) in [4.78, 5) is 27.0. The van der Waals surface area contributed by atoms with E-state index in [2.05, 4.69) is 17.6 Å². The fourth-order valence-electron chi connectivity index (χ4n) is 2.98. The van der Waals surface area contributed by atoms with Crippen molar-refractivity contribution >= 4 is 35.8 Å². The first-order valence-corrected chi connectivity index (χ1v) is 9.09. The number of benzene rings is 1. The molecule has 0 aromatic heterocycles. The zero-order chi connectivity index (χ0) is 18.2. The van der Waals surface area contributed by atoms with Crippen molar-refractivity contribution in [2.24, 2.45) is 0 Å². The Balaban J connectivity index is 0.00000338. The van der Waals surface area contributed by atoms with E-state index >= 15 is 0 Å². The van der Waals surface area contributed by atoms with E-state index in [-0.39, 0.29) is 24.2 Å². The highest BCUT2D eigenvalue weighted by molar-refractivity contribution is 6.31. The number of halogens is 2. The molecule has 0 aliphatic carbocycles. The topological polar surface area (TPSA) is 70.7 Å². The van der Waals surface area contributed by atoms with E-state index in [1.807, 2.05) is 0 Å². The van der Waals surface area contributed by atoms with Crippen molar-refractivity contribution in [1.82, 2.24) is 15.5 Å². The molecule has 1 saturated heterocycles. The average molecular weight is 404 g/mol. The first-order valence-electron chi connectivity index (χ1n) is 8.71. The predicted molar refractivity (Wildman–Crippen MR) is 105 cm³/mol. The molecule has 0 radical (unpaired) electrons. The van der Waals surface area contributed by atoms with Gasteiger partial charge >= 0.3 is 0 Å². The number of nitrogens with one attached hydrogen (secondary N) is 2. The third-order valence-corrected chi connectivity index (χ3v) is 4.47. The van der Waals surface area contributed by atoms with Crippen LogP contribution in [-0.4, -0.2) is 56.0 Å². The molecule has 26 heavy (non-hydrogen) atoms. The maximum Gasteiger partial charge on any atom is 0.258 e. The molecule has 0 saturated carbocycles. The smallest absolute Gasteiger partial charge is 0.258 e. The summed E-state index contributed by atoms with van der Waals surface area (Å²) in [6.07, 6.45) is 2.53. The summed E-state index contributed by atoms with van der Waals surface area (Å²) >= 11 is 6.02. The van der Waals surface area contributed by atoms with E-state index in [4.69, 9.17) is 16.3 Å². The van der Waals surface area contributed by atoms with Gasteiger partial charge in [0.1, 0.15) is 11.8 Å². The standard InChI is InChI=1S/C18H26ClN3O3.ClH/c1-3-8-20-9-10-21-17(23)15-5-4-11-22(15)18(24)14-12-13(19)6-7-16(14)25-2;/h6-7,12,15,20H,3-5,8-11H2,1-2H3,(H,21,23);1H. The minimum Gasteiger partial charge on any atom is -0.496 e. The number of methoxy groups -OCH3 is 1. The van der Waals surface area contributed by atoms with Crippen LogP contribution in [0.15, 0.2) is 18.2 Å². The molecule has 1 heterocycles.